The first-order valence-electron chi connectivity index (χ1n) is 18.6. The highest BCUT2D eigenvalue weighted by molar-refractivity contribution is 7.92. The summed E-state index contributed by atoms with van der Waals surface area (Å²) in [6.07, 6.45) is 7.49. The Bertz CT molecular complexity index is 2350. The highest BCUT2D eigenvalue weighted by atomic mass is 35.5. The van der Waals surface area contributed by atoms with Crippen molar-refractivity contribution in [2.45, 2.75) is 94.1 Å². The summed E-state index contributed by atoms with van der Waals surface area (Å²) < 4.78 is 60.8. The summed E-state index contributed by atoms with van der Waals surface area (Å²) >= 11 is 8.27. The summed E-state index contributed by atoms with van der Waals surface area (Å²) in [6.45, 7) is 6.07. The Labute approximate surface area is 335 Å². The average molecular weight is 848 g/mol. The molecule has 3 aromatic rings. The largest absolute Gasteiger partial charge is 0.488 e. The molecule has 0 spiro atoms. The minimum Gasteiger partial charge on any atom is -0.488 e. The van der Waals surface area contributed by atoms with Gasteiger partial charge in [-0.25, -0.2) is 31.6 Å². The quantitative estimate of drug-likeness (QED) is 0.247. The first-order chi connectivity index (χ1) is 26.3. The lowest BCUT2D eigenvalue weighted by Gasteiger charge is -2.30. The van der Waals surface area contributed by atoms with Crippen molar-refractivity contribution >= 4 is 77.4 Å². The molecule has 0 unspecified atom stereocenters. The van der Waals surface area contributed by atoms with E-state index in [1.165, 1.54) is 22.3 Å². The number of thiazole rings is 1. The fourth-order valence-corrected chi connectivity index (χ4v) is 10.2. The van der Waals surface area contributed by atoms with Crippen molar-refractivity contribution in [3.63, 3.8) is 0 Å². The lowest BCUT2D eigenvalue weighted by atomic mass is 10.1. The van der Waals surface area contributed by atoms with E-state index in [9.17, 15) is 31.2 Å². The van der Waals surface area contributed by atoms with Crippen LogP contribution in [0.2, 0.25) is 5.02 Å². The fraction of sp³-hybridized carbons (Fsp3) is 0.541. The molecule has 4 heterocycles. The third-order valence-electron chi connectivity index (χ3n) is 11.0. The first-order valence-corrected chi connectivity index (χ1v) is 23.2. The van der Waals surface area contributed by atoms with Gasteiger partial charge < -0.3 is 19.9 Å². The summed E-state index contributed by atoms with van der Waals surface area (Å²) in [6, 6.07) is 3.21. The van der Waals surface area contributed by atoms with Crippen molar-refractivity contribution in [2.75, 3.05) is 31.1 Å². The van der Waals surface area contributed by atoms with Crippen LogP contribution < -0.4 is 19.5 Å². The van der Waals surface area contributed by atoms with Crippen LogP contribution in [0.5, 0.6) is 5.75 Å². The van der Waals surface area contributed by atoms with Gasteiger partial charge in [-0.15, -0.1) is 11.3 Å². The second kappa shape index (κ2) is 14.7. The van der Waals surface area contributed by atoms with Gasteiger partial charge in [0.05, 0.1) is 44.5 Å². The zero-order chi connectivity index (χ0) is 40.4. The number of anilines is 1. The molecule has 4 amide bonds. The van der Waals surface area contributed by atoms with Gasteiger partial charge in [0.25, 0.3) is 5.91 Å². The number of pyridine rings is 1. The molecule has 4 atom stereocenters. The van der Waals surface area contributed by atoms with Gasteiger partial charge >= 0.3 is 6.03 Å². The van der Waals surface area contributed by atoms with Crippen LogP contribution in [0.3, 0.4) is 0 Å². The summed E-state index contributed by atoms with van der Waals surface area (Å²) in [5, 5.41) is 6.12. The molecule has 3 N–H and O–H groups in total. The Balaban J connectivity index is 1.23. The number of aromatic nitrogens is 2. The van der Waals surface area contributed by atoms with Gasteiger partial charge in [0, 0.05) is 48.7 Å². The lowest BCUT2D eigenvalue weighted by Crippen LogP contribution is -2.58. The molecule has 3 fully saturated rings. The number of nitrogens with one attached hydrogen (secondary N) is 3. The summed E-state index contributed by atoms with van der Waals surface area (Å²) in [7, 11) is -5.97. The van der Waals surface area contributed by atoms with Crippen LogP contribution in [0.15, 0.2) is 35.7 Å². The summed E-state index contributed by atoms with van der Waals surface area (Å²) in [5.41, 5.74) is -0.133. The van der Waals surface area contributed by atoms with Crippen molar-refractivity contribution in [3.05, 3.63) is 45.8 Å². The molecule has 2 aliphatic heterocycles. The van der Waals surface area contributed by atoms with E-state index >= 15 is 0 Å². The van der Waals surface area contributed by atoms with Crippen molar-refractivity contribution in [1.82, 2.24) is 29.8 Å². The van der Waals surface area contributed by atoms with Gasteiger partial charge in [-0.05, 0) is 57.6 Å². The minimum absolute atomic E-state index is 0.0422. The second-order valence-electron chi connectivity index (χ2n) is 15.9. The Hall–Kier alpha value is -4.00. The van der Waals surface area contributed by atoms with E-state index in [4.69, 9.17) is 26.3 Å². The van der Waals surface area contributed by atoms with Crippen LogP contribution in [0.4, 0.5) is 10.5 Å². The standard InChI is InChI=1S/C37H46ClN7O8S3/c1-21(2)32-40-27(20-54-32)26-17-29(24-11-12-25(42-55(5,49)50)30(38)31(24)39-26)53-23-16-28-33(46)44(4)15-9-7-6-8-10-22-18-37(22,41-35(48)45(28)19-23)34(47)43-56(51,52)36(3)13-14-36/h8,10-12,17,20-23,28,42H,6-7,9,13-16,18-19H2,1-5H3,(H,41,48)(H,43,47)/b10-8-/t22-,23+,28+,37-/m1/s1. The van der Waals surface area contributed by atoms with Crippen molar-refractivity contribution < 1.29 is 36.0 Å². The maximum atomic E-state index is 14.3. The SMILES string of the molecule is CC(C)c1nc(-c2cc(O[C@H]3C[C@H]4C(=O)N(C)CCCC/C=C\[C@@H]5C[C@@]5(C(=O)NS(=O)(=O)C5(C)CC5)NC(=O)N4C3)c3ccc(NS(C)(=O)=O)c(Cl)c3n2)cs1. The normalized spacial score (nSPS) is 25.9. The zero-order valence-corrected chi connectivity index (χ0v) is 35.0. The summed E-state index contributed by atoms with van der Waals surface area (Å²) in [5.74, 6) is -1.03. The highest BCUT2D eigenvalue weighted by Gasteiger charge is 2.63. The number of ether oxygens (including phenoxy) is 1. The van der Waals surface area contributed by atoms with E-state index in [1.807, 2.05) is 31.4 Å². The number of carbonyl (C=O) groups excluding carboxylic acids is 3. The van der Waals surface area contributed by atoms with Crippen LogP contribution in [0, 0.1) is 5.92 Å². The molecule has 15 nitrogen and oxygen atoms in total. The summed E-state index contributed by atoms with van der Waals surface area (Å²) in [4.78, 5) is 54.6. The maximum Gasteiger partial charge on any atom is 0.319 e. The van der Waals surface area contributed by atoms with Crippen LogP contribution in [0.1, 0.15) is 76.6 Å². The molecule has 56 heavy (non-hydrogen) atoms. The minimum atomic E-state index is -3.98. The van der Waals surface area contributed by atoms with Crippen LogP contribution in [-0.4, -0.2) is 103 Å². The van der Waals surface area contributed by atoms with Gasteiger partial charge in [0.15, 0.2) is 0 Å². The molecular formula is C37H46ClN7O8S3. The molecule has 0 radical (unpaired) electrons. The third-order valence-corrected chi connectivity index (χ3v) is 15.3. The number of benzene rings is 1. The smallest absolute Gasteiger partial charge is 0.319 e. The molecule has 2 aromatic heterocycles. The predicted octanol–water partition coefficient (Wildman–Crippen LogP) is 4.99. The molecule has 7 rings (SSSR count). The number of fused-ring (bicyclic) bond motifs is 3. The number of hydrogen-bond donors (Lipinski definition) is 3. The van der Waals surface area contributed by atoms with Crippen molar-refractivity contribution in [3.8, 4) is 17.1 Å². The predicted molar refractivity (Wildman–Crippen MR) is 215 cm³/mol. The third kappa shape index (κ3) is 7.94. The Morgan fingerprint density at radius 2 is 1.88 bits per heavy atom. The zero-order valence-electron chi connectivity index (χ0n) is 31.8. The van der Waals surface area contributed by atoms with Crippen LogP contribution in [0.25, 0.3) is 22.3 Å². The average Bonchev–Trinajstić information content (AvgIpc) is 3.89. The van der Waals surface area contributed by atoms with Crippen molar-refractivity contribution in [1.29, 1.82) is 0 Å². The Morgan fingerprint density at radius 1 is 1.12 bits per heavy atom. The van der Waals surface area contributed by atoms with E-state index in [-0.39, 0.29) is 47.4 Å². The van der Waals surface area contributed by atoms with E-state index in [2.05, 4.69) is 14.8 Å². The van der Waals surface area contributed by atoms with Gasteiger partial charge in [-0.1, -0.05) is 37.6 Å². The van der Waals surface area contributed by atoms with E-state index < -0.39 is 60.3 Å². The molecule has 2 saturated carbocycles. The molecule has 0 bridgehead atoms. The molecule has 1 saturated heterocycles. The number of sulfonamides is 2. The molecule has 2 aliphatic carbocycles. The van der Waals surface area contributed by atoms with Crippen molar-refractivity contribution in [2.24, 2.45) is 5.92 Å². The van der Waals surface area contributed by atoms with Gasteiger partial charge in [-0.2, -0.15) is 0 Å². The van der Waals surface area contributed by atoms with Gasteiger partial charge in [0.1, 0.15) is 29.1 Å². The maximum absolute atomic E-state index is 14.3. The number of carbonyl (C=O) groups is 3. The topological polar surface area (TPSA) is 197 Å². The number of likely N-dealkylation sites (N-methyl/N-ethyl adjacent to an activating group) is 1. The van der Waals surface area contributed by atoms with Crippen LogP contribution >= 0.6 is 22.9 Å². The van der Waals surface area contributed by atoms with E-state index in [0.29, 0.717) is 48.3 Å². The van der Waals surface area contributed by atoms with Gasteiger partial charge in [-0.3, -0.25) is 19.0 Å². The lowest BCUT2D eigenvalue weighted by molar-refractivity contribution is -0.134. The molecule has 19 heteroatoms. The van der Waals surface area contributed by atoms with E-state index in [0.717, 1.165) is 24.1 Å². The first kappa shape index (κ1) is 40.2. The van der Waals surface area contributed by atoms with Gasteiger partial charge in [0.2, 0.25) is 26.0 Å². The number of amides is 4. The van der Waals surface area contributed by atoms with E-state index in [1.54, 1.807) is 31.0 Å². The van der Waals surface area contributed by atoms with Crippen LogP contribution in [-0.2, 0) is 29.6 Å². The number of hydrogen-bond acceptors (Lipinski definition) is 11. The number of rotatable bonds is 9. The number of nitrogens with zero attached hydrogens (tertiary/aromatic N) is 4. The number of urea groups is 1. The second-order valence-corrected chi connectivity index (χ2v) is 21.1. The monoisotopic (exact) mass is 847 g/mol. The molecule has 302 valence electrons. The Morgan fingerprint density at radius 3 is 2.55 bits per heavy atom. The molecular weight excluding hydrogens is 802 g/mol. The molecule has 1 aromatic carbocycles. The number of allylic oxidation sites excluding steroid dienone is 1. The fourth-order valence-electron chi connectivity index (χ4n) is 7.19. The number of halogens is 1. The molecule has 4 aliphatic rings. The Kier molecular flexibility index (Phi) is 10.6. The highest BCUT2D eigenvalue weighted by Crippen LogP contribution is 2.48.